The van der Waals surface area contributed by atoms with Gasteiger partial charge in [-0.1, -0.05) is 61.0 Å². The molecule has 2 aromatic rings. The summed E-state index contributed by atoms with van der Waals surface area (Å²) in [4.78, 5) is 12.4. The smallest absolute Gasteiger partial charge is 0.184 e. The molecule has 2 N–H and O–H groups in total. The Bertz CT molecular complexity index is 585. The van der Waals surface area contributed by atoms with E-state index in [-0.39, 0.29) is 5.78 Å². The van der Waals surface area contributed by atoms with Crippen molar-refractivity contribution in [3.63, 3.8) is 0 Å². The molecule has 2 heteroatoms. The highest BCUT2D eigenvalue weighted by Crippen LogP contribution is 2.36. The van der Waals surface area contributed by atoms with Gasteiger partial charge >= 0.3 is 0 Å². The highest BCUT2D eigenvalue weighted by molar-refractivity contribution is 6.00. The summed E-state index contributed by atoms with van der Waals surface area (Å²) in [5.74, 6) is 0.679. The van der Waals surface area contributed by atoms with Gasteiger partial charge in [-0.05, 0) is 29.9 Å². The molecule has 2 aromatic carbocycles. The second-order valence-corrected chi connectivity index (χ2v) is 5.50. The first kappa shape index (κ1) is 13.1. The third-order valence-corrected chi connectivity index (χ3v) is 4.21. The first-order valence-electron chi connectivity index (χ1n) is 7.20. The van der Waals surface area contributed by atoms with E-state index in [4.69, 9.17) is 5.73 Å². The molecule has 0 aromatic heterocycles. The fourth-order valence-electron chi connectivity index (χ4n) is 2.65. The van der Waals surface area contributed by atoms with E-state index < -0.39 is 6.04 Å². The quantitative estimate of drug-likeness (QED) is 0.854. The minimum absolute atomic E-state index is 0.0173. The van der Waals surface area contributed by atoms with Gasteiger partial charge in [0.05, 0.1) is 6.04 Å². The molecule has 3 rings (SSSR count). The Balaban J connectivity index is 1.76. The van der Waals surface area contributed by atoms with Gasteiger partial charge in [0.2, 0.25) is 0 Å². The van der Waals surface area contributed by atoms with E-state index in [2.05, 4.69) is 12.1 Å². The van der Waals surface area contributed by atoms with E-state index in [1.54, 1.807) is 0 Å². The molecular formula is C18H19NO. The Labute approximate surface area is 119 Å². The van der Waals surface area contributed by atoms with Gasteiger partial charge in [-0.15, -0.1) is 0 Å². The molecule has 1 aliphatic carbocycles. The van der Waals surface area contributed by atoms with Crippen molar-refractivity contribution in [2.24, 2.45) is 5.73 Å². The zero-order chi connectivity index (χ0) is 13.9. The molecule has 20 heavy (non-hydrogen) atoms. The summed E-state index contributed by atoms with van der Waals surface area (Å²) >= 11 is 0. The van der Waals surface area contributed by atoms with Gasteiger partial charge in [0.1, 0.15) is 0 Å². The molecule has 0 spiro atoms. The predicted octanol–water partition coefficient (Wildman–Crippen LogP) is 3.84. The zero-order valence-corrected chi connectivity index (χ0v) is 11.5. The van der Waals surface area contributed by atoms with E-state index >= 15 is 0 Å². The van der Waals surface area contributed by atoms with Crippen LogP contribution in [0.5, 0.6) is 0 Å². The maximum absolute atomic E-state index is 12.4. The molecule has 0 unspecified atom stereocenters. The summed E-state index contributed by atoms with van der Waals surface area (Å²) in [6.45, 7) is 0. The summed E-state index contributed by atoms with van der Waals surface area (Å²) < 4.78 is 0. The number of ketones is 1. The average Bonchev–Trinajstić information content (AvgIpc) is 2.46. The molecule has 0 bridgehead atoms. The van der Waals surface area contributed by atoms with Gasteiger partial charge in [0.25, 0.3) is 0 Å². The van der Waals surface area contributed by atoms with Crippen LogP contribution < -0.4 is 5.73 Å². The normalized spacial score (nSPS) is 16.4. The molecule has 0 heterocycles. The molecule has 1 saturated carbocycles. The number of rotatable bonds is 4. The van der Waals surface area contributed by atoms with E-state index in [9.17, 15) is 4.79 Å². The fourth-order valence-corrected chi connectivity index (χ4v) is 2.65. The Morgan fingerprint density at radius 3 is 2.20 bits per heavy atom. The fraction of sp³-hybridized carbons (Fsp3) is 0.278. The van der Waals surface area contributed by atoms with Crippen LogP contribution in [0.25, 0.3) is 0 Å². The Kier molecular flexibility index (Phi) is 3.66. The lowest BCUT2D eigenvalue weighted by Gasteiger charge is -2.25. The van der Waals surface area contributed by atoms with Gasteiger partial charge in [-0.3, -0.25) is 4.79 Å². The van der Waals surface area contributed by atoms with Crippen LogP contribution >= 0.6 is 0 Å². The maximum Gasteiger partial charge on any atom is 0.184 e. The Hall–Kier alpha value is -1.93. The van der Waals surface area contributed by atoms with Crippen LogP contribution in [0.2, 0.25) is 0 Å². The minimum Gasteiger partial charge on any atom is -0.318 e. The van der Waals surface area contributed by atoms with Crippen LogP contribution in [0.4, 0.5) is 0 Å². The van der Waals surface area contributed by atoms with Crippen molar-refractivity contribution in [2.45, 2.75) is 31.2 Å². The second-order valence-electron chi connectivity index (χ2n) is 5.50. The summed E-state index contributed by atoms with van der Waals surface area (Å²) in [6, 6.07) is 16.9. The van der Waals surface area contributed by atoms with Crippen molar-refractivity contribution in [1.29, 1.82) is 0 Å². The lowest BCUT2D eigenvalue weighted by Crippen LogP contribution is -2.21. The highest BCUT2D eigenvalue weighted by atomic mass is 16.1. The van der Waals surface area contributed by atoms with Gasteiger partial charge < -0.3 is 5.73 Å². The Morgan fingerprint density at radius 2 is 1.65 bits per heavy atom. The van der Waals surface area contributed by atoms with E-state index in [1.165, 1.54) is 24.8 Å². The monoisotopic (exact) mass is 265 g/mol. The predicted molar refractivity (Wildman–Crippen MR) is 80.7 cm³/mol. The van der Waals surface area contributed by atoms with Crippen LogP contribution in [0.3, 0.4) is 0 Å². The van der Waals surface area contributed by atoms with Gasteiger partial charge in [0.15, 0.2) is 5.78 Å². The molecule has 1 atom stereocenters. The van der Waals surface area contributed by atoms with Crippen molar-refractivity contribution in [2.75, 3.05) is 0 Å². The van der Waals surface area contributed by atoms with Crippen LogP contribution in [0, 0.1) is 0 Å². The molecule has 1 aliphatic rings. The zero-order valence-electron chi connectivity index (χ0n) is 11.5. The topological polar surface area (TPSA) is 43.1 Å². The van der Waals surface area contributed by atoms with Gasteiger partial charge in [-0.25, -0.2) is 0 Å². The third kappa shape index (κ3) is 2.52. The van der Waals surface area contributed by atoms with Gasteiger partial charge in [0, 0.05) is 5.56 Å². The first-order chi connectivity index (χ1) is 9.75. The standard InChI is InChI=1S/C18H19NO/c19-17(15-5-2-1-3-6-15)18(20)16-11-9-14(10-12-16)13-7-4-8-13/h1-3,5-6,9-13,17H,4,7-8,19H2/t17-/m1/s1. The first-order valence-corrected chi connectivity index (χ1v) is 7.20. The SMILES string of the molecule is N[C@@H](C(=O)c1ccc(C2CCC2)cc1)c1ccccc1. The van der Waals surface area contributed by atoms with E-state index in [1.807, 2.05) is 42.5 Å². The van der Waals surface area contributed by atoms with Crippen LogP contribution in [0.1, 0.15) is 52.7 Å². The summed E-state index contributed by atoms with van der Waals surface area (Å²) in [5.41, 5.74) is 8.96. The van der Waals surface area contributed by atoms with E-state index in [0.717, 1.165) is 5.56 Å². The van der Waals surface area contributed by atoms with Crippen molar-refractivity contribution in [1.82, 2.24) is 0 Å². The maximum atomic E-state index is 12.4. The largest absolute Gasteiger partial charge is 0.318 e. The van der Waals surface area contributed by atoms with Crippen LogP contribution in [-0.2, 0) is 0 Å². The number of nitrogens with two attached hydrogens (primary N) is 1. The second kappa shape index (κ2) is 5.59. The average molecular weight is 265 g/mol. The number of hydrogen-bond donors (Lipinski definition) is 1. The van der Waals surface area contributed by atoms with Crippen LogP contribution in [-0.4, -0.2) is 5.78 Å². The van der Waals surface area contributed by atoms with Crippen LogP contribution in [0.15, 0.2) is 54.6 Å². The number of carbonyl (C=O) groups excluding carboxylic acids is 1. The lowest BCUT2D eigenvalue weighted by atomic mass is 9.80. The molecule has 0 aliphatic heterocycles. The summed E-state index contributed by atoms with van der Waals surface area (Å²) in [5, 5.41) is 0. The third-order valence-electron chi connectivity index (χ3n) is 4.21. The number of hydrogen-bond acceptors (Lipinski definition) is 2. The van der Waals surface area contributed by atoms with Crippen molar-refractivity contribution in [3.05, 3.63) is 71.3 Å². The molecule has 0 amide bonds. The minimum atomic E-state index is -0.578. The Morgan fingerprint density at radius 1 is 1.00 bits per heavy atom. The van der Waals surface area contributed by atoms with Crippen molar-refractivity contribution in [3.8, 4) is 0 Å². The van der Waals surface area contributed by atoms with Gasteiger partial charge in [-0.2, -0.15) is 0 Å². The molecule has 1 fully saturated rings. The molecule has 2 nitrogen and oxygen atoms in total. The summed E-state index contributed by atoms with van der Waals surface area (Å²) in [6.07, 6.45) is 3.87. The number of benzene rings is 2. The summed E-state index contributed by atoms with van der Waals surface area (Å²) in [7, 11) is 0. The molecular weight excluding hydrogens is 246 g/mol. The molecule has 0 radical (unpaired) electrons. The number of Topliss-reactive ketones (excluding diaryl/α,β-unsaturated/α-hetero) is 1. The molecule has 0 saturated heterocycles. The van der Waals surface area contributed by atoms with Crippen molar-refractivity contribution >= 4 is 5.78 Å². The van der Waals surface area contributed by atoms with E-state index in [0.29, 0.717) is 11.5 Å². The molecule has 102 valence electrons. The van der Waals surface area contributed by atoms with Crippen molar-refractivity contribution < 1.29 is 4.79 Å². The number of carbonyl (C=O) groups is 1. The highest BCUT2D eigenvalue weighted by Gasteiger charge is 2.21. The lowest BCUT2D eigenvalue weighted by molar-refractivity contribution is 0.0961.